The van der Waals surface area contributed by atoms with E-state index in [1.807, 2.05) is 61.7 Å². The van der Waals surface area contributed by atoms with Gasteiger partial charge in [-0.2, -0.15) is 0 Å². The van der Waals surface area contributed by atoms with Gasteiger partial charge in [0, 0.05) is 28.8 Å². The molecule has 1 aliphatic rings. The third-order valence-electron chi connectivity index (χ3n) is 8.12. The van der Waals surface area contributed by atoms with Crippen molar-refractivity contribution >= 4 is 28.4 Å². The number of aryl methyl sites for hydroxylation is 1. The number of fused-ring (bicyclic) bond motifs is 1. The first-order valence-electron chi connectivity index (χ1n) is 14.5. The largest absolute Gasteiger partial charge is 0.493 e. The highest BCUT2D eigenvalue weighted by Crippen LogP contribution is 2.42. The van der Waals surface area contributed by atoms with E-state index in [9.17, 15) is 9.59 Å². The lowest BCUT2D eigenvalue weighted by molar-refractivity contribution is -0.127. The molecule has 4 aromatic rings. The second-order valence-corrected chi connectivity index (χ2v) is 10.8. The van der Waals surface area contributed by atoms with Crippen LogP contribution in [0.2, 0.25) is 0 Å². The molecule has 0 aliphatic heterocycles. The monoisotopic (exact) mass is 569 g/mol. The molecule has 0 spiro atoms. The highest BCUT2D eigenvalue weighted by molar-refractivity contribution is 6.04. The molecule has 1 fully saturated rings. The molecule has 1 saturated carbocycles. The molecule has 0 radical (unpaired) electrons. The van der Waals surface area contributed by atoms with Gasteiger partial charge in [-0.15, -0.1) is 0 Å². The van der Waals surface area contributed by atoms with Crippen LogP contribution < -0.4 is 24.4 Å². The van der Waals surface area contributed by atoms with Crippen LogP contribution in [0, 0.1) is 6.92 Å². The Kier molecular flexibility index (Phi) is 9.00. The number of para-hydroxylation sites is 2. The first-order valence-corrected chi connectivity index (χ1v) is 14.5. The normalized spacial score (nSPS) is 14.3. The molecule has 2 amide bonds. The molecular weight excluding hydrogens is 530 g/mol. The van der Waals surface area contributed by atoms with Crippen molar-refractivity contribution in [2.45, 2.75) is 57.5 Å². The minimum Gasteiger partial charge on any atom is -0.493 e. The van der Waals surface area contributed by atoms with E-state index in [4.69, 9.17) is 14.2 Å². The van der Waals surface area contributed by atoms with E-state index in [2.05, 4.69) is 10.3 Å². The maximum absolute atomic E-state index is 14.5. The highest BCUT2D eigenvalue weighted by atomic mass is 16.5. The van der Waals surface area contributed by atoms with Crippen LogP contribution in [0.15, 0.2) is 66.9 Å². The third-order valence-corrected chi connectivity index (χ3v) is 8.12. The van der Waals surface area contributed by atoms with Gasteiger partial charge in [-0.25, -0.2) is 0 Å². The number of rotatable bonds is 10. The zero-order valence-corrected chi connectivity index (χ0v) is 24.7. The summed E-state index contributed by atoms with van der Waals surface area (Å²) < 4.78 is 16.9. The summed E-state index contributed by atoms with van der Waals surface area (Å²) >= 11 is 0. The van der Waals surface area contributed by atoms with Gasteiger partial charge in [0.15, 0.2) is 11.5 Å². The smallest absolute Gasteiger partial charge is 0.248 e. The third kappa shape index (κ3) is 5.93. The fourth-order valence-corrected chi connectivity index (χ4v) is 5.98. The Morgan fingerprint density at radius 1 is 0.929 bits per heavy atom. The van der Waals surface area contributed by atoms with Crippen LogP contribution in [0.3, 0.4) is 0 Å². The van der Waals surface area contributed by atoms with Gasteiger partial charge in [-0.3, -0.25) is 14.5 Å². The minimum absolute atomic E-state index is 0.0539. The average molecular weight is 570 g/mol. The number of H-pyrrole nitrogens is 1. The van der Waals surface area contributed by atoms with Gasteiger partial charge in [0.25, 0.3) is 0 Å². The van der Waals surface area contributed by atoms with Crippen molar-refractivity contribution in [3.8, 4) is 17.2 Å². The molecule has 8 heteroatoms. The van der Waals surface area contributed by atoms with Crippen LogP contribution >= 0.6 is 0 Å². The number of hydrogen-bond acceptors (Lipinski definition) is 5. The van der Waals surface area contributed by atoms with Gasteiger partial charge in [0.1, 0.15) is 6.04 Å². The van der Waals surface area contributed by atoms with Gasteiger partial charge in [-0.05, 0) is 60.7 Å². The van der Waals surface area contributed by atoms with Crippen molar-refractivity contribution in [3.05, 3.63) is 83.6 Å². The van der Waals surface area contributed by atoms with E-state index >= 15 is 0 Å². The molecule has 1 atom stereocenters. The summed E-state index contributed by atoms with van der Waals surface area (Å²) in [6, 6.07) is 18.1. The molecule has 0 saturated heterocycles. The molecule has 220 valence electrons. The number of ether oxygens (including phenoxy) is 3. The number of amides is 2. The van der Waals surface area contributed by atoms with E-state index in [0.717, 1.165) is 47.7 Å². The van der Waals surface area contributed by atoms with Gasteiger partial charge in [0.05, 0.1) is 27.8 Å². The van der Waals surface area contributed by atoms with Crippen molar-refractivity contribution in [1.82, 2.24) is 10.3 Å². The quantitative estimate of drug-likeness (QED) is 0.235. The van der Waals surface area contributed by atoms with E-state index in [-0.39, 0.29) is 24.3 Å². The summed E-state index contributed by atoms with van der Waals surface area (Å²) in [7, 11) is 4.62. The van der Waals surface area contributed by atoms with Gasteiger partial charge >= 0.3 is 0 Å². The second-order valence-electron chi connectivity index (χ2n) is 10.8. The first kappa shape index (κ1) is 29.0. The molecule has 3 aromatic carbocycles. The number of aromatic amines is 1. The van der Waals surface area contributed by atoms with Crippen LogP contribution in [-0.4, -0.2) is 44.2 Å². The molecule has 1 aliphatic carbocycles. The molecule has 0 unspecified atom stereocenters. The summed E-state index contributed by atoms with van der Waals surface area (Å²) in [5, 5.41) is 4.26. The summed E-state index contributed by atoms with van der Waals surface area (Å²) in [6.07, 6.45) is 7.12. The molecular formula is C34H39N3O5. The number of nitrogens with zero attached hydrogens (tertiary/aromatic N) is 1. The molecule has 2 N–H and O–H groups in total. The highest BCUT2D eigenvalue weighted by Gasteiger charge is 2.36. The maximum Gasteiger partial charge on any atom is 0.248 e. The summed E-state index contributed by atoms with van der Waals surface area (Å²) in [4.78, 5) is 33.8. The lowest BCUT2D eigenvalue weighted by Gasteiger charge is -2.34. The van der Waals surface area contributed by atoms with Crippen molar-refractivity contribution in [2.75, 3.05) is 26.2 Å². The average Bonchev–Trinajstić information content (AvgIpc) is 3.42. The standard InChI is InChI=1S/C34H39N3O5/c1-22-12-8-11-17-28(22)37(31(38)20-24-21-35-27-16-10-9-15-26(24)27)32(34(39)36-25-13-6-5-7-14-25)23-18-29(40-2)33(42-4)30(19-23)41-3/h8-12,15-19,21,25,32,35H,5-7,13-14,20H2,1-4H3,(H,36,39)/t32-/m0/s1. The van der Waals surface area contributed by atoms with Crippen LogP contribution in [0.1, 0.15) is 54.8 Å². The number of nitrogens with one attached hydrogen (secondary N) is 2. The zero-order chi connectivity index (χ0) is 29.6. The zero-order valence-electron chi connectivity index (χ0n) is 24.7. The number of aromatic nitrogens is 1. The number of anilines is 1. The Hall–Kier alpha value is -4.46. The van der Waals surface area contributed by atoms with Gasteiger partial charge < -0.3 is 24.5 Å². The van der Waals surface area contributed by atoms with Crippen LogP contribution in [0.25, 0.3) is 10.9 Å². The maximum atomic E-state index is 14.5. The van der Waals surface area contributed by atoms with Crippen LogP contribution in [-0.2, 0) is 16.0 Å². The predicted octanol–water partition coefficient (Wildman–Crippen LogP) is 6.27. The molecule has 8 nitrogen and oxygen atoms in total. The summed E-state index contributed by atoms with van der Waals surface area (Å²) in [6.45, 7) is 1.95. The fourth-order valence-electron chi connectivity index (χ4n) is 5.98. The molecule has 0 bridgehead atoms. The fraction of sp³-hybridized carbons (Fsp3) is 0.353. The molecule has 1 aromatic heterocycles. The van der Waals surface area contributed by atoms with Crippen molar-refractivity contribution in [2.24, 2.45) is 0 Å². The number of carbonyl (C=O) groups excluding carboxylic acids is 2. The predicted molar refractivity (Wildman–Crippen MR) is 165 cm³/mol. The lowest BCUT2D eigenvalue weighted by Crippen LogP contribution is -2.48. The number of methoxy groups -OCH3 is 3. The summed E-state index contributed by atoms with van der Waals surface area (Å²) in [5.74, 6) is 0.799. The number of carbonyl (C=O) groups is 2. The topological polar surface area (TPSA) is 92.9 Å². The van der Waals surface area contributed by atoms with E-state index in [0.29, 0.717) is 28.5 Å². The molecule has 5 rings (SSSR count). The Bertz CT molecular complexity index is 1530. The van der Waals surface area contributed by atoms with Crippen LogP contribution in [0.5, 0.6) is 17.2 Å². The summed E-state index contributed by atoms with van der Waals surface area (Å²) in [5.41, 5.74) is 3.94. The molecule has 42 heavy (non-hydrogen) atoms. The Balaban J connectivity index is 1.65. The Morgan fingerprint density at radius 3 is 2.26 bits per heavy atom. The van der Waals surface area contributed by atoms with Crippen LogP contribution in [0.4, 0.5) is 5.69 Å². The number of hydrogen-bond donors (Lipinski definition) is 2. The first-order chi connectivity index (χ1) is 20.4. The van der Waals surface area contributed by atoms with Gasteiger partial charge in [0.2, 0.25) is 17.6 Å². The minimum atomic E-state index is -0.987. The molecule has 1 heterocycles. The van der Waals surface area contributed by atoms with E-state index in [1.54, 1.807) is 31.3 Å². The second kappa shape index (κ2) is 13.0. The lowest BCUT2D eigenvalue weighted by atomic mass is 9.94. The SMILES string of the molecule is COc1cc([C@@H](C(=O)NC2CCCCC2)N(C(=O)Cc2c[nH]c3ccccc23)c2ccccc2C)cc(OC)c1OC. The van der Waals surface area contributed by atoms with E-state index in [1.165, 1.54) is 13.5 Å². The van der Waals surface area contributed by atoms with Crippen molar-refractivity contribution in [3.63, 3.8) is 0 Å². The van der Waals surface area contributed by atoms with Gasteiger partial charge in [-0.1, -0.05) is 55.7 Å². The van der Waals surface area contributed by atoms with Crippen molar-refractivity contribution < 1.29 is 23.8 Å². The number of benzene rings is 3. The van der Waals surface area contributed by atoms with E-state index < -0.39 is 6.04 Å². The van der Waals surface area contributed by atoms with Crippen molar-refractivity contribution in [1.29, 1.82) is 0 Å². The Morgan fingerprint density at radius 2 is 1.60 bits per heavy atom. The Labute approximate surface area is 247 Å².